The van der Waals surface area contributed by atoms with Gasteiger partial charge in [0.2, 0.25) is 8.03 Å². The fourth-order valence-corrected chi connectivity index (χ4v) is 2.61. The van der Waals surface area contributed by atoms with Gasteiger partial charge in [-0.25, -0.2) is 0 Å². The summed E-state index contributed by atoms with van der Waals surface area (Å²) in [5.41, 5.74) is 5.64. The molecule has 1 fully saturated rings. The van der Waals surface area contributed by atoms with Crippen LogP contribution in [0.5, 0.6) is 0 Å². The topological polar surface area (TPSA) is 63.3 Å². The van der Waals surface area contributed by atoms with Crippen LogP contribution < -0.4 is 5.73 Å². The molecule has 1 aliphatic rings. The summed E-state index contributed by atoms with van der Waals surface area (Å²) < 4.78 is 10.8. The van der Waals surface area contributed by atoms with Gasteiger partial charge in [0.25, 0.3) is 0 Å². The minimum absolute atomic E-state index is 0.295. The average molecular weight is 191 g/mol. The molecule has 0 amide bonds. The van der Waals surface area contributed by atoms with Gasteiger partial charge in [0.1, 0.15) is 0 Å². The number of nitrogens with two attached hydrogens (primary N) is 1. The molecule has 0 radical (unpaired) electrons. The molecule has 0 aromatic carbocycles. The summed E-state index contributed by atoms with van der Waals surface area (Å²) >= 11 is 0. The van der Waals surface area contributed by atoms with E-state index in [2.05, 4.69) is 0 Å². The maximum atomic E-state index is 10.8. The molecule has 0 aromatic heterocycles. The molecule has 0 aliphatic heterocycles. The number of hydrogen-bond acceptors (Lipinski definition) is 2. The Bertz CT molecular complexity index is 155. The van der Waals surface area contributed by atoms with Crippen LogP contribution >= 0.6 is 8.03 Å². The summed E-state index contributed by atoms with van der Waals surface area (Å²) in [6, 6.07) is 0. The highest BCUT2D eigenvalue weighted by molar-refractivity contribution is 7.38. The minimum Gasteiger partial charge on any atom is -0.345 e. The largest absolute Gasteiger partial charge is 0.345 e. The standard InChI is InChI=1S/C8H18NO2P/c9-8(12(10)11)7-5-3-1-2-4-6-7/h7-8,12H,1-6,9H2,(H,10,11). The zero-order valence-electron chi connectivity index (χ0n) is 7.33. The summed E-state index contributed by atoms with van der Waals surface area (Å²) in [7, 11) is -2.50. The number of hydrogen-bond donors (Lipinski definition) is 2. The molecule has 3 N–H and O–H groups in total. The Morgan fingerprint density at radius 2 is 1.75 bits per heavy atom. The van der Waals surface area contributed by atoms with Gasteiger partial charge in [-0.3, -0.25) is 4.57 Å². The van der Waals surface area contributed by atoms with E-state index in [1.807, 2.05) is 0 Å². The molecule has 1 aliphatic carbocycles. The van der Waals surface area contributed by atoms with Gasteiger partial charge in [-0.05, 0) is 18.8 Å². The van der Waals surface area contributed by atoms with Gasteiger partial charge < -0.3 is 10.6 Å². The first-order valence-electron chi connectivity index (χ1n) is 4.70. The van der Waals surface area contributed by atoms with Crippen molar-refractivity contribution in [2.75, 3.05) is 0 Å². The Labute approximate surface area is 74.2 Å². The van der Waals surface area contributed by atoms with E-state index < -0.39 is 13.8 Å². The van der Waals surface area contributed by atoms with Gasteiger partial charge in [0.15, 0.2) is 0 Å². The lowest BCUT2D eigenvalue weighted by Crippen LogP contribution is -2.26. The molecule has 0 saturated heterocycles. The quantitative estimate of drug-likeness (QED) is 0.516. The Kier molecular flexibility index (Phi) is 4.27. The van der Waals surface area contributed by atoms with Crippen molar-refractivity contribution in [3.05, 3.63) is 0 Å². The lowest BCUT2D eigenvalue weighted by Gasteiger charge is -2.18. The second-order valence-corrected chi connectivity index (χ2v) is 4.96. The van der Waals surface area contributed by atoms with Crippen LogP contribution in [0.2, 0.25) is 0 Å². The van der Waals surface area contributed by atoms with Crippen molar-refractivity contribution in [1.29, 1.82) is 0 Å². The molecular formula is C8H18NO2P. The van der Waals surface area contributed by atoms with E-state index >= 15 is 0 Å². The minimum atomic E-state index is -2.50. The zero-order valence-corrected chi connectivity index (χ0v) is 8.33. The van der Waals surface area contributed by atoms with Crippen molar-refractivity contribution in [2.24, 2.45) is 11.7 Å². The van der Waals surface area contributed by atoms with Crippen molar-refractivity contribution in [2.45, 2.75) is 44.3 Å². The van der Waals surface area contributed by atoms with Crippen LogP contribution in [-0.4, -0.2) is 10.7 Å². The summed E-state index contributed by atoms with van der Waals surface area (Å²) in [6.07, 6.45) is 6.95. The van der Waals surface area contributed by atoms with Crippen molar-refractivity contribution in [3.63, 3.8) is 0 Å². The maximum Gasteiger partial charge on any atom is 0.205 e. The first-order chi connectivity index (χ1) is 5.72. The van der Waals surface area contributed by atoms with Gasteiger partial charge in [-0.15, -0.1) is 0 Å². The first-order valence-corrected chi connectivity index (χ1v) is 6.13. The van der Waals surface area contributed by atoms with E-state index in [9.17, 15) is 4.57 Å². The van der Waals surface area contributed by atoms with E-state index in [1.165, 1.54) is 25.7 Å². The molecule has 0 heterocycles. The molecule has 0 bridgehead atoms. The lowest BCUT2D eigenvalue weighted by molar-refractivity contribution is 0.404. The van der Waals surface area contributed by atoms with Gasteiger partial charge in [-0.1, -0.05) is 25.7 Å². The third-order valence-corrected chi connectivity index (χ3v) is 3.73. The Hall–Kier alpha value is 0.150. The fraction of sp³-hybridized carbons (Fsp3) is 1.00. The Balaban J connectivity index is 2.42. The van der Waals surface area contributed by atoms with Crippen molar-refractivity contribution >= 4 is 8.03 Å². The van der Waals surface area contributed by atoms with Gasteiger partial charge in [0, 0.05) is 0 Å². The third-order valence-electron chi connectivity index (χ3n) is 2.69. The van der Waals surface area contributed by atoms with Crippen molar-refractivity contribution in [3.8, 4) is 0 Å². The molecule has 1 rings (SSSR count). The molecule has 2 unspecified atom stereocenters. The molecule has 0 aromatic rings. The highest BCUT2D eigenvalue weighted by Crippen LogP contribution is 2.33. The smallest absolute Gasteiger partial charge is 0.205 e. The van der Waals surface area contributed by atoms with Crippen molar-refractivity contribution < 1.29 is 9.46 Å². The Morgan fingerprint density at radius 3 is 2.17 bits per heavy atom. The summed E-state index contributed by atoms with van der Waals surface area (Å²) in [5, 5.41) is 0. The molecule has 3 nitrogen and oxygen atoms in total. The normalized spacial score (nSPS) is 26.2. The monoisotopic (exact) mass is 191 g/mol. The highest BCUT2D eigenvalue weighted by Gasteiger charge is 2.22. The molecule has 1 saturated carbocycles. The predicted molar refractivity (Wildman–Crippen MR) is 50.4 cm³/mol. The van der Waals surface area contributed by atoms with Crippen LogP contribution in [0.3, 0.4) is 0 Å². The molecule has 2 atom stereocenters. The van der Waals surface area contributed by atoms with Crippen LogP contribution in [-0.2, 0) is 4.57 Å². The molecule has 12 heavy (non-hydrogen) atoms. The van der Waals surface area contributed by atoms with Gasteiger partial charge in [-0.2, -0.15) is 0 Å². The number of rotatable bonds is 2. The lowest BCUT2D eigenvalue weighted by atomic mass is 10.0. The van der Waals surface area contributed by atoms with Crippen LogP contribution in [0.4, 0.5) is 0 Å². The average Bonchev–Trinajstić information content (AvgIpc) is 2.30. The van der Waals surface area contributed by atoms with E-state index in [4.69, 9.17) is 10.6 Å². The van der Waals surface area contributed by atoms with E-state index in [-0.39, 0.29) is 0 Å². The van der Waals surface area contributed by atoms with Crippen LogP contribution in [0.15, 0.2) is 0 Å². The second kappa shape index (κ2) is 5.00. The van der Waals surface area contributed by atoms with Crippen LogP contribution in [0.25, 0.3) is 0 Å². The SMILES string of the molecule is NC(C1CCCCCC1)[PH](=O)O. The highest BCUT2D eigenvalue weighted by atomic mass is 31.1. The second-order valence-electron chi connectivity index (χ2n) is 3.62. The molecular weight excluding hydrogens is 173 g/mol. The van der Waals surface area contributed by atoms with Crippen molar-refractivity contribution in [1.82, 2.24) is 0 Å². The van der Waals surface area contributed by atoms with E-state index in [0.29, 0.717) is 5.92 Å². The fourth-order valence-electron chi connectivity index (χ4n) is 1.87. The third kappa shape index (κ3) is 2.89. The van der Waals surface area contributed by atoms with E-state index in [0.717, 1.165) is 12.8 Å². The molecule has 4 heteroatoms. The molecule has 72 valence electrons. The van der Waals surface area contributed by atoms with Gasteiger partial charge >= 0.3 is 0 Å². The molecule has 0 spiro atoms. The van der Waals surface area contributed by atoms with Gasteiger partial charge in [0.05, 0.1) is 5.78 Å². The predicted octanol–water partition coefficient (Wildman–Crippen LogP) is 1.71. The summed E-state index contributed by atoms with van der Waals surface area (Å²) in [6.45, 7) is 0. The zero-order chi connectivity index (χ0) is 8.97. The van der Waals surface area contributed by atoms with Crippen LogP contribution in [0, 0.1) is 5.92 Å². The summed E-state index contributed by atoms with van der Waals surface area (Å²) in [5.74, 6) is -0.156. The summed E-state index contributed by atoms with van der Waals surface area (Å²) in [4.78, 5) is 8.89. The maximum absolute atomic E-state index is 10.8. The first kappa shape index (κ1) is 10.2. The van der Waals surface area contributed by atoms with E-state index in [1.54, 1.807) is 0 Å². The van der Waals surface area contributed by atoms with Crippen LogP contribution in [0.1, 0.15) is 38.5 Å². The Morgan fingerprint density at radius 1 is 1.25 bits per heavy atom.